The fourth-order valence-corrected chi connectivity index (χ4v) is 3.69. The maximum absolute atomic E-state index is 12.0. The van der Waals surface area contributed by atoms with Gasteiger partial charge in [0, 0.05) is 12.6 Å². The number of hydrogen-bond acceptors (Lipinski definition) is 4. The van der Waals surface area contributed by atoms with Crippen molar-refractivity contribution in [1.29, 1.82) is 0 Å². The van der Waals surface area contributed by atoms with Gasteiger partial charge in [0.25, 0.3) is 5.91 Å². The van der Waals surface area contributed by atoms with Crippen LogP contribution in [0.25, 0.3) is 0 Å². The molecule has 1 aromatic rings. The zero-order valence-electron chi connectivity index (χ0n) is 12.5. The summed E-state index contributed by atoms with van der Waals surface area (Å²) in [5.74, 6) is -0.405. The summed E-state index contributed by atoms with van der Waals surface area (Å²) in [6, 6.07) is 8.56. The van der Waals surface area contributed by atoms with Crippen LogP contribution in [0, 0.1) is 5.92 Å². The number of sulfonamides is 1. The maximum Gasteiger partial charge on any atom is 0.253 e. The van der Waals surface area contributed by atoms with E-state index in [1.807, 2.05) is 6.07 Å². The molecule has 1 amide bonds. The molecule has 0 spiro atoms. The largest absolute Gasteiger partial charge is 0.378 e. The molecule has 7 heteroatoms. The number of aliphatic hydroxyl groups is 1. The first-order valence-electron chi connectivity index (χ1n) is 7.35. The third-order valence-corrected chi connectivity index (χ3v) is 4.66. The first-order valence-corrected chi connectivity index (χ1v) is 9.24. The van der Waals surface area contributed by atoms with Crippen LogP contribution in [0.1, 0.15) is 30.9 Å². The van der Waals surface area contributed by atoms with Crippen molar-refractivity contribution in [2.45, 2.75) is 31.4 Å². The number of amides is 1. The second-order valence-corrected chi connectivity index (χ2v) is 7.53. The van der Waals surface area contributed by atoms with Crippen molar-refractivity contribution in [1.82, 2.24) is 10.0 Å². The maximum atomic E-state index is 12.0. The lowest BCUT2D eigenvalue weighted by atomic mass is 10.0. The van der Waals surface area contributed by atoms with E-state index in [-0.39, 0.29) is 12.0 Å². The van der Waals surface area contributed by atoms with Gasteiger partial charge in [0.1, 0.15) is 0 Å². The number of aliphatic hydroxyl groups excluding tert-OH is 1. The van der Waals surface area contributed by atoms with E-state index in [1.165, 1.54) is 0 Å². The molecule has 3 N–H and O–H groups in total. The molecule has 1 aromatic carbocycles. The molecule has 0 heterocycles. The topological polar surface area (TPSA) is 95.5 Å². The van der Waals surface area contributed by atoms with Crippen molar-refractivity contribution in [2.24, 2.45) is 5.92 Å². The van der Waals surface area contributed by atoms with Gasteiger partial charge in [0.15, 0.2) is 6.10 Å². The highest BCUT2D eigenvalue weighted by Gasteiger charge is 2.30. The number of rotatable bonds is 6. The number of benzene rings is 1. The predicted molar refractivity (Wildman–Crippen MR) is 83.5 cm³/mol. The molecular formula is C15H22N2O4S. The van der Waals surface area contributed by atoms with Crippen LogP contribution >= 0.6 is 0 Å². The van der Waals surface area contributed by atoms with E-state index < -0.39 is 22.0 Å². The molecule has 0 aromatic heterocycles. The lowest BCUT2D eigenvalue weighted by Crippen LogP contribution is -2.42. The molecule has 1 saturated carbocycles. The van der Waals surface area contributed by atoms with E-state index in [1.54, 1.807) is 24.3 Å². The Morgan fingerprint density at radius 1 is 1.32 bits per heavy atom. The molecule has 0 bridgehead atoms. The van der Waals surface area contributed by atoms with E-state index in [9.17, 15) is 18.3 Å². The Labute approximate surface area is 131 Å². The lowest BCUT2D eigenvalue weighted by molar-refractivity contribution is -0.129. The summed E-state index contributed by atoms with van der Waals surface area (Å²) in [6.45, 7) is 0.357. The molecule has 3 atom stereocenters. The highest BCUT2D eigenvalue weighted by molar-refractivity contribution is 7.88. The summed E-state index contributed by atoms with van der Waals surface area (Å²) in [5.41, 5.74) is 0.539. The van der Waals surface area contributed by atoms with Gasteiger partial charge in [-0.2, -0.15) is 0 Å². The van der Waals surface area contributed by atoms with E-state index in [4.69, 9.17) is 0 Å². The van der Waals surface area contributed by atoms with E-state index in [2.05, 4.69) is 10.0 Å². The molecule has 6 nitrogen and oxygen atoms in total. The van der Waals surface area contributed by atoms with Gasteiger partial charge in [-0.05, 0) is 24.3 Å². The van der Waals surface area contributed by atoms with Crippen LogP contribution < -0.4 is 10.0 Å². The average Bonchev–Trinajstić information content (AvgIpc) is 2.90. The number of carbonyl (C=O) groups is 1. The molecule has 0 aliphatic heterocycles. The van der Waals surface area contributed by atoms with Gasteiger partial charge in [-0.25, -0.2) is 13.1 Å². The Kier molecular flexibility index (Phi) is 5.55. The van der Waals surface area contributed by atoms with Crippen LogP contribution in [0.5, 0.6) is 0 Å². The van der Waals surface area contributed by atoms with E-state index in [0.717, 1.165) is 25.5 Å². The molecule has 1 aliphatic carbocycles. The lowest BCUT2D eigenvalue weighted by Gasteiger charge is -2.21. The number of carbonyl (C=O) groups excluding carboxylic acids is 1. The summed E-state index contributed by atoms with van der Waals surface area (Å²) in [5, 5.41) is 12.7. The summed E-state index contributed by atoms with van der Waals surface area (Å²) >= 11 is 0. The zero-order valence-corrected chi connectivity index (χ0v) is 13.3. The number of hydrogen-bond donors (Lipinski definition) is 3. The van der Waals surface area contributed by atoms with Crippen LogP contribution in [0.4, 0.5) is 0 Å². The monoisotopic (exact) mass is 326 g/mol. The fourth-order valence-electron chi connectivity index (χ4n) is 2.83. The van der Waals surface area contributed by atoms with Crippen LogP contribution in [-0.2, 0) is 14.8 Å². The van der Waals surface area contributed by atoms with Gasteiger partial charge in [0.05, 0.1) is 6.26 Å². The van der Waals surface area contributed by atoms with Crippen molar-refractivity contribution < 1.29 is 18.3 Å². The summed E-state index contributed by atoms with van der Waals surface area (Å²) in [4.78, 5) is 12.0. The molecular weight excluding hydrogens is 304 g/mol. The third-order valence-electron chi connectivity index (χ3n) is 3.93. The Morgan fingerprint density at radius 2 is 2.00 bits per heavy atom. The van der Waals surface area contributed by atoms with E-state index in [0.29, 0.717) is 12.1 Å². The van der Waals surface area contributed by atoms with Gasteiger partial charge in [0.2, 0.25) is 10.0 Å². The molecule has 2 rings (SSSR count). The Balaban J connectivity index is 1.88. The molecule has 22 heavy (non-hydrogen) atoms. The minimum absolute atomic E-state index is 0.0571. The highest BCUT2D eigenvalue weighted by Crippen LogP contribution is 2.25. The first-order chi connectivity index (χ1) is 10.4. The predicted octanol–water partition coefficient (Wildman–Crippen LogP) is 0.554. The summed E-state index contributed by atoms with van der Waals surface area (Å²) in [6.07, 6.45) is 2.49. The van der Waals surface area contributed by atoms with Crippen molar-refractivity contribution in [3.05, 3.63) is 35.9 Å². The van der Waals surface area contributed by atoms with Crippen LogP contribution in [0.3, 0.4) is 0 Å². The van der Waals surface area contributed by atoms with Gasteiger partial charge in [-0.3, -0.25) is 4.79 Å². The quantitative estimate of drug-likeness (QED) is 0.711. The minimum Gasteiger partial charge on any atom is -0.378 e. The van der Waals surface area contributed by atoms with E-state index >= 15 is 0 Å². The highest BCUT2D eigenvalue weighted by atomic mass is 32.2. The molecule has 1 fully saturated rings. The molecule has 0 unspecified atom stereocenters. The van der Waals surface area contributed by atoms with Crippen LogP contribution in [0.2, 0.25) is 0 Å². The van der Waals surface area contributed by atoms with Gasteiger partial charge in [-0.1, -0.05) is 36.8 Å². The molecule has 122 valence electrons. The summed E-state index contributed by atoms with van der Waals surface area (Å²) in [7, 11) is -3.25. The standard InChI is InChI=1S/C15H22N2O4S/c1-22(20,21)17-13-9-5-8-12(13)10-16-15(19)14(18)11-6-3-2-4-7-11/h2-4,6-7,12-14,17-18H,5,8-10H2,1H3,(H,16,19)/t12-,13+,14-/m1/s1. The van der Waals surface area contributed by atoms with Crippen LogP contribution in [0.15, 0.2) is 30.3 Å². The fraction of sp³-hybridized carbons (Fsp3) is 0.533. The zero-order chi connectivity index (χ0) is 16.2. The molecule has 0 radical (unpaired) electrons. The molecule has 1 aliphatic rings. The van der Waals surface area contributed by atoms with Crippen molar-refractivity contribution in [2.75, 3.05) is 12.8 Å². The Bertz CT molecular complexity index is 603. The van der Waals surface area contributed by atoms with Gasteiger partial charge in [-0.15, -0.1) is 0 Å². The van der Waals surface area contributed by atoms with Crippen molar-refractivity contribution in [3.63, 3.8) is 0 Å². The van der Waals surface area contributed by atoms with Gasteiger partial charge >= 0.3 is 0 Å². The Hall–Kier alpha value is -1.44. The van der Waals surface area contributed by atoms with Gasteiger partial charge < -0.3 is 10.4 Å². The SMILES string of the molecule is CS(=O)(=O)N[C@H]1CCC[C@@H]1CNC(=O)[C@H](O)c1ccccc1. The second kappa shape index (κ2) is 7.21. The Morgan fingerprint density at radius 3 is 2.64 bits per heavy atom. The third kappa shape index (κ3) is 4.79. The summed E-state index contributed by atoms with van der Waals surface area (Å²) < 4.78 is 25.3. The average molecular weight is 326 g/mol. The normalized spacial score (nSPS) is 23.2. The smallest absolute Gasteiger partial charge is 0.253 e. The minimum atomic E-state index is -3.25. The molecule has 0 saturated heterocycles. The van der Waals surface area contributed by atoms with Crippen LogP contribution in [-0.4, -0.2) is 38.3 Å². The first kappa shape index (κ1) is 16.9. The van der Waals surface area contributed by atoms with Crippen molar-refractivity contribution in [3.8, 4) is 0 Å². The van der Waals surface area contributed by atoms with Crippen molar-refractivity contribution >= 4 is 15.9 Å². The second-order valence-electron chi connectivity index (χ2n) is 5.75. The number of nitrogens with one attached hydrogen (secondary N) is 2.